The minimum absolute atomic E-state index is 0.124. The van der Waals surface area contributed by atoms with Crippen molar-refractivity contribution < 1.29 is 9.59 Å². The summed E-state index contributed by atoms with van der Waals surface area (Å²) in [6.07, 6.45) is 1.77. The molecule has 0 aliphatic carbocycles. The molecule has 2 rings (SSSR count). The van der Waals surface area contributed by atoms with Crippen LogP contribution in [0.4, 0.5) is 5.69 Å². The quantitative estimate of drug-likeness (QED) is 0.812. The topological polar surface area (TPSA) is 70.6 Å². The van der Waals surface area contributed by atoms with Gasteiger partial charge in [0.05, 0.1) is 6.54 Å². The third-order valence-corrected chi connectivity index (χ3v) is 3.69. The molecule has 1 aromatic carbocycles. The zero-order chi connectivity index (χ0) is 14.4. The van der Waals surface area contributed by atoms with Crippen molar-refractivity contribution in [2.75, 3.05) is 11.9 Å². The van der Waals surface area contributed by atoms with Crippen LogP contribution >= 0.6 is 11.8 Å². The molecule has 20 heavy (non-hydrogen) atoms. The number of hydrogen-bond acceptors (Lipinski definition) is 4. The molecular formula is C14H15N3O2S. The standard InChI is InChI=1S/C14H15N3O2S/c1-2-8-15-14-17-13(19)11(20-14)9-12(18)16-10-6-4-3-5-7-10/h2-7,11H,1,8-9H2,(H,16,18)(H,15,17,19)/t11-/m1/s1. The van der Waals surface area contributed by atoms with Crippen LogP contribution in [-0.2, 0) is 9.59 Å². The average Bonchev–Trinajstić information content (AvgIpc) is 2.78. The Bertz CT molecular complexity index is 543. The first-order valence-corrected chi connectivity index (χ1v) is 7.05. The Balaban J connectivity index is 1.89. The van der Waals surface area contributed by atoms with E-state index in [1.165, 1.54) is 11.8 Å². The number of nitrogens with one attached hydrogen (secondary N) is 2. The maximum atomic E-state index is 11.9. The van der Waals surface area contributed by atoms with Crippen LogP contribution in [-0.4, -0.2) is 28.8 Å². The molecule has 0 radical (unpaired) electrons. The lowest BCUT2D eigenvalue weighted by atomic mass is 10.2. The van der Waals surface area contributed by atoms with Crippen LogP contribution in [0.1, 0.15) is 6.42 Å². The number of hydrogen-bond donors (Lipinski definition) is 2. The first kappa shape index (κ1) is 14.3. The van der Waals surface area contributed by atoms with Gasteiger partial charge in [-0.05, 0) is 12.1 Å². The lowest BCUT2D eigenvalue weighted by molar-refractivity contribution is -0.122. The van der Waals surface area contributed by atoms with Gasteiger partial charge >= 0.3 is 0 Å². The summed E-state index contributed by atoms with van der Waals surface area (Å²) in [7, 11) is 0. The van der Waals surface area contributed by atoms with E-state index in [-0.39, 0.29) is 18.2 Å². The van der Waals surface area contributed by atoms with Crippen LogP contribution < -0.4 is 10.6 Å². The summed E-state index contributed by atoms with van der Waals surface area (Å²) in [6.45, 7) is 4.01. The van der Waals surface area contributed by atoms with E-state index in [9.17, 15) is 9.59 Å². The average molecular weight is 289 g/mol. The van der Waals surface area contributed by atoms with Crippen molar-refractivity contribution in [2.45, 2.75) is 11.7 Å². The van der Waals surface area contributed by atoms with Crippen molar-refractivity contribution in [1.29, 1.82) is 0 Å². The van der Waals surface area contributed by atoms with Gasteiger partial charge in [0.15, 0.2) is 5.17 Å². The Labute approximate surface area is 121 Å². The molecule has 1 aromatic rings. The molecule has 0 bridgehead atoms. The summed E-state index contributed by atoms with van der Waals surface area (Å²) >= 11 is 1.28. The second kappa shape index (κ2) is 6.91. The lowest BCUT2D eigenvalue weighted by Crippen LogP contribution is -2.28. The molecule has 1 aliphatic heterocycles. The zero-order valence-electron chi connectivity index (χ0n) is 10.8. The van der Waals surface area contributed by atoms with Crippen molar-refractivity contribution in [1.82, 2.24) is 5.32 Å². The Hall–Kier alpha value is -2.08. The largest absolute Gasteiger partial charge is 0.326 e. The number of rotatable bonds is 5. The molecule has 2 amide bonds. The Morgan fingerprint density at radius 2 is 2.20 bits per heavy atom. The van der Waals surface area contributed by atoms with Gasteiger partial charge < -0.3 is 10.6 Å². The molecule has 1 fully saturated rings. The molecule has 1 heterocycles. The van der Waals surface area contributed by atoms with E-state index in [0.717, 1.165) is 5.69 Å². The van der Waals surface area contributed by atoms with Gasteiger partial charge in [0.1, 0.15) is 5.25 Å². The van der Waals surface area contributed by atoms with Crippen molar-refractivity contribution in [3.8, 4) is 0 Å². The maximum absolute atomic E-state index is 11.9. The predicted octanol–water partition coefficient (Wildman–Crippen LogP) is 1.79. The zero-order valence-corrected chi connectivity index (χ0v) is 11.7. The van der Waals surface area contributed by atoms with Crippen LogP contribution in [0.3, 0.4) is 0 Å². The highest BCUT2D eigenvalue weighted by molar-refractivity contribution is 8.15. The van der Waals surface area contributed by atoms with E-state index in [2.05, 4.69) is 22.2 Å². The number of carbonyl (C=O) groups is 2. The highest BCUT2D eigenvalue weighted by atomic mass is 32.2. The molecule has 6 heteroatoms. The van der Waals surface area contributed by atoms with Crippen LogP contribution in [0.5, 0.6) is 0 Å². The molecule has 1 atom stereocenters. The second-order valence-corrected chi connectivity index (χ2v) is 5.34. The smallest absolute Gasteiger partial charge is 0.240 e. The van der Waals surface area contributed by atoms with Crippen LogP contribution in [0.15, 0.2) is 48.0 Å². The molecule has 0 spiro atoms. The van der Waals surface area contributed by atoms with E-state index in [4.69, 9.17) is 0 Å². The van der Waals surface area contributed by atoms with Gasteiger partial charge in [0, 0.05) is 12.1 Å². The molecule has 0 saturated carbocycles. The number of aliphatic imine (C=N–C) groups is 1. The van der Waals surface area contributed by atoms with E-state index >= 15 is 0 Å². The van der Waals surface area contributed by atoms with Gasteiger partial charge in [-0.1, -0.05) is 36.0 Å². The minimum atomic E-state index is -0.428. The van der Waals surface area contributed by atoms with Gasteiger partial charge in [0.2, 0.25) is 11.8 Å². The number of nitrogens with zero attached hydrogens (tertiary/aromatic N) is 1. The van der Waals surface area contributed by atoms with Crippen LogP contribution in [0, 0.1) is 0 Å². The summed E-state index contributed by atoms with van der Waals surface area (Å²) in [5.41, 5.74) is 0.724. The predicted molar refractivity (Wildman–Crippen MR) is 81.7 cm³/mol. The number of amidine groups is 1. The van der Waals surface area contributed by atoms with E-state index < -0.39 is 5.25 Å². The van der Waals surface area contributed by atoms with Gasteiger partial charge in [-0.25, -0.2) is 0 Å². The number of anilines is 1. The van der Waals surface area contributed by atoms with Crippen LogP contribution in [0.2, 0.25) is 0 Å². The Morgan fingerprint density at radius 1 is 1.45 bits per heavy atom. The van der Waals surface area contributed by atoms with E-state index in [1.54, 1.807) is 18.2 Å². The third-order valence-electron chi connectivity index (χ3n) is 2.57. The number of para-hydroxylation sites is 1. The molecular weight excluding hydrogens is 274 g/mol. The molecule has 1 aliphatic rings. The summed E-state index contributed by atoms with van der Waals surface area (Å²) in [5.74, 6) is -0.366. The number of carbonyl (C=O) groups excluding carboxylic acids is 2. The van der Waals surface area contributed by atoms with Gasteiger partial charge in [0.25, 0.3) is 0 Å². The molecule has 5 nitrogen and oxygen atoms in total. The third kappa shape index (κ3) is 3.96. The Morgan fingerprint density at radius 3 is 2.90 bits per heavy atom. The number of amides is 2. The second-order valence-electron chi connectivity index (χ2n) is 4.15. The van der Waals surface area contributed by atoms with E-state index in [1.807, 2.05) is 18.2 Å². The molecule has 0 aromatic heterocycles. The highest BCUT2D eigenvalue weighted by Gasteiger charge is 2.31. The highest BCUT2D eigenvalue weighted by Crippen LogP contribution is 2.22. The van der Waals surface area contributed by atoms with Gasteiger partial charge in [-0.15, -0.1) is 6.58 Å². The SMILES string of the molecule is C=CCN=C1NC(=O)[C@@H](CC(=O)Nc2ccccc2)S1. The van der Waals surface area contributed by atoms with E-state index in [0.29, 0.717) is 11.7 Å². The Kier molecular flexibility index (Phi) is 4.95. The van der Waals surface area contributed by atoms with Gasteiger partial charge in [-0.2, -0.15) is 0 Å². The van der Waals surface area contributed by atoms with Crippen molar-refractivity contribution in [3.05, 3.63) is 43.0 Å². The van der Waals surface area contributed by atoms with Crippen molar-refractivity contribution in [2.24, 2.45) is 4.99 Å². The summed E-state index contributed by atoms with van der Waals surface area (Å²) in [4.78, 5) is 27.7. The van der Waals surface area contributed by atoms with Crippen molar-refractivity contribution >= 4 is 34.4 Å². The molecule has 0 unspecified atom stereocenters. The van der Waals surface area contributed by atoms with Crippen molar-refractivity contribution in [3.63, 3.8) is 0 Å². The summed E-state index contributed by atoms with van der Waals surface area (Å²) in [6, 6.07) is 9.16. The first-order valence-electron chi connectivity index (χ1n) is 6.17. The maximum Gasteiger partial charge on any atom is 0.240 e. The molecule has 104 valence electrons. The monoisotopic (exact) mass is 289 g/mol. The fourth-order valence-corrected chi connectivity index (χ4v) is 2.64. The normalized spacial score (nSPS) is 19.7. The van der Waals surface area contributed by atoms with Gasteiger partial charge in [-0.3, -0.25) is 14.6 Å². The lowest BCUT2D eigenvalue weighted by Gasteiger charge is -2.06. The fourth-order valence-electron chi connectivity index (χ4n) is 1.66. The summed E-state index contributed by atoms with van der Waals surface area (Å²) in [5, 5.41) is 5.53. The molecule has 1 saturated heterocycles. The first-order chi connectivity index (χ1) is 9.69. The summed E-state index contributed by atoms with van der Waals surface area (Å²) < 4.78 is 0. The van der Waals surface area contributed by atoms with Crippen LogP contribution in [0.25, 0.3) is 0 Å². The minimum Gasteiger partial charge on any atom is -0.326 e. The molecule has 2 N–H and O–H groups in total. The number of benzene rings is 1. The fraction of sp³-hybridized carbons (Fsp3) is 0.214. The number of thioether (sulfide) groups is 1.